The number of aromatic nitrogens is 1. The van der Waals surface area contributed by atoms with Crippen molar-refractivity contribution in [3.05, 3.63) is 42.4 Å². The van der Waals surface area contributed by atoms with E-state index in [4.69, 9.17) is 4.74 Å². The lowest BCUT2D eigenvalue weighted by Gasteiger charge is -2.22. The van der Waals surface area contributed by atoms with E-state index in [1.54, 1.807) is 6.20 Å². The summed E-state index contributed by atoms with van der Waals surface area (Å²) in [6, 6.07) is 4.38. The largest absolute Gasteiger partial charge is 0.497 e. The van der Waals surface area contributed by atoms with Crippen molar-refractivity contribution in [2.75, 3.05) is 6.54 Å². The minimum absolute atomic E-state index is 0.309. The molecule has 0 spiro atoms. The molecule has 1 unspecified atom stereocenters. The molecule has 1 aromatic heterocycles. The number of rotatable bonds is 4. The van der Waals surface area contributed by atoms with Crippen LogP contribution >= 0.6 is 0 Å². The van der Waals surface area contributed by atoms with Crippen LogP contribution in [0, 0.1) is 0 Å². The average molecular weight is 218 g/mol. The van der Waals surface area contributed by atoms with Gasteiger partial charge in [-0.2, -0.15) is 0 Å². The van der Waals surface area contributed by atoms with Crippen LogP contribution in [0.25, 0.3) is 0 Å². The lowest BCUT2D eigenvalue weighted by molar-refractivity contribution is 0.120. The highest BCUT2D eigenvalue weighted by atomic mass is 16.5. The van der Waals surface area contributed by atoms with Gasteiger partial charge in [0, 0.05) is 25.0 Å². The monoisotopic (exact) mass is 218 g/mol. The van der Waals surface area contributed by atoms with E-state index in [0.29, 0.717) is 12.1 Å². The Morgan fingerprint density at radius 3 is 3.25 bits per heavy atom. The Balaban J connectivity index is 1.79. The number of allylic oxidation sites excluding steroid dienone is 1. The zero-order valence-electron chi connectivity index (χ0n) is 9.60. The van der Waals surface area contributed by atoms with Crippen molar-refractivity contribution in [3.63, 3.8) is 0 Å². The van der Waals surface area contributed by atoms with Gasteiger partial charge in [0.15, 0.2) is 0 Å². The predicted octanol–water partition coefficient (Wildman–Crippen LogP) is 2.42. The van der Waals surface area contributed by atoms with E-state index < -0.39 is 0 Å². The summed E-state index contributed by atoms with van der Waals surface area (Å²) in [4.78, 5) is 4.12. The molecule has 0 saturated carbocycles. The lowest BCUT2D eigenvalue weighted by atomic mass is 10.1. The van der Waals surface area contributed by atoms with Gasteiger partial charge in [-0.25, -0.2) is 0 Å². The summed E-state index contributed by atoms with van der Waals surface area (Å²) in [7, 11) is 0. The molecule has 0 amide bonds. The SMILES string of the molecule is C[C@H](NCC1CCC=CO1)c1cccnc1. The van der Waals surface area contributed by atoms with Crippen LogP contribution in [0.4, 0.5) is 0 Å². The van der Waals surface area contributed by atoms with Crippen molar-refractivity contribution in [1.29, 1.82) is 0 Å². The molecule has 0 saturated heterocycles. The maximum atomic E-state index is 5.51. The fraction of sp³-hybridized carbons (Fsp3) is 0.462. The molecule has 0 radical (unpaired) electrons. The van der Waals surface area contributed by atoms with Crippen molar-refractivity contribution in [3.8, 4) is 0 Å². The first-order valence-electron chi connectivity index (χ1n) is 5.80. The van der Waals surface area contributed by atoms with Crippen LogP contribution in [0.1, 0.15) is 31.4 Å². The van der Waals surface area contributed by atoms with E-state index >= 15 is 0 Å². The summed E-state index contributed by atoms with van der Waals surface area (Å²) in [5.41, 5.74) is 1.22. The van der Waals surface area contributed by atoms with Crippen LogP contribution in [-0.2, 0) is 4.74 Å². The van der Waals surface area contributed by atoms with E-state index in [-0.39, 0.29) is 0 Å². The molecule has 0 aromatic carbocycles. The Morgan fingerprint density at radius 1 is 1.62 bits per heavy atom. The third kappa shape index (κ3) is 3.07. The van der Waals surface area contributed by atoms with Gasteiger partial charge in [0.2, 0.25) is 0 Å². The first-order valence-corrected chi connectivity index (χ1v) is 5.80. The Morgan fingerprint density at radius 2 is 2.56 bits per heavy atom. The summed E-state index contributed by atoms with van der Waals surface area (Å²) in [6.45, 7) is 3.04. The van der Waals surface area contributed by atoms with Crippen molar-refractivity contribution >= 4 is 0 Å². The summed E-state index contributed by atoms with van der Waals surface area (Å²) in [6.07, 6.45) is 10.1. The summed E-state index contributed by atoms with van der Waals surface area (Å²) in [5.74, 6) is 0. The number of pyridine rings is 1. The van der Waals surface area contributed by atoms with Gasteiger partial charge in [-0.15, -0.1) is 0 Å². The second-order valence-corrected chi connectivity index (χ2v) is 4.12. The molecule has 2 atom stereocenters. The molecule has 2 heterocycles. The number of ether oxygens (including phenoxy) is 1. The number of nitrogens with one attached hydrogen (secondary N) is 1. The quantitative estimate of drug-likeness (QED) is 0.842. The van der Waals surface area contributed by atoms with Crippen LogP contribution in [0.2, 0.25) is 0 Å². The van der Waals surface area contributed by atoms with Crippen LogP contribution in [0.15, 0.2) is 36.9 Å². The molecule has 1 aliphatic rings. The molecular formula is C13H18N2O. The molecule has 0 aliphatic carbocycles. The number of hydrogen-bond donors (Lipinski definition) is 1. The van der Waals surface area contributed by atoms with Gasteiger partial charge >= 0.3 is 0 Å². The minimum Gasteiger partial charge on any atom is -0.497 e. The van der Waals surface area contributed by atoms with E-state index in [0.717, 1.165) is 19.4 Å². The lowest BCUT2D eigenvalue weighted by Crippen LogP contribution is -2.31. The Bertz CT molecular complexity index is 337. The van der Waals surface area contributed by atoms with Gasteiger partial charge in [-0.1, -0.05) is 6.07 Å². The molecule has 1 aliphatic heterocycles. The standard InChI is InChI=1S/C13H18N2O/c1-11(12-5-4-7-14-9-12)15-10-13-6-2-3-8-16-13/h3-5,7-9,11,13,15H,2,6,10H2,1H3/t11-,13?/m0/s1. The van der Waals surface area contributed by atoms with E-state index in [2.05, 4.69) is 29.4 Å². The summed E-state index contributed by atoms with van der Waals surface area (Å²) < 4.78 is 5.51. The normalized spacial score (nSPS) is 21.4. The van der Waals surface area contributed by atoms with Crippen LogP contribution in [0.5, 0.6) is 0 Å². The Labute approximate surface area is 96.5 Å². The molecule has 1 N–H and O–H groups in total. The molecule has 3 heteroatoms. The topological polar surface area (TPSA) is 34.1 Å². The van der Waals surface area contributed by atoms with Gasteiger partial charge in [0.25, 0.3) is 0 Å². The highest BCUT2D eigenvalue weighted by molar-refractivity contribution is 5.12. The van der Waals surface area contributed by atoms with E-state index in [1.165, 1.54) is 5.56 Å². The molecule has 3 nitrogen and oxygen atoms in total. The number of nitrogens with zero attached hydrogens (tertiary/aromatic N) is 1. The van der Waals surface area contributed by atoms with Gasteiger partial charge in [-0.05, 0) is 37.5 Å². The maximum absolute atomic E-state index is 5.51. The number of hydrogen-bond acceptors (Lipinski definition) is 3. The molecule has 0 fully saturated rings. The first-order chi connectivity index (χ1) is 7.86. The molecule has 1 aromatic rings. The highest BCUT2D eigenvalue weighted by Gasteiger charge is 2.12. The first kappa shape index (κ1) is 11.1. The maximum Gasteiger partial charge on any atom is 0.110 e. The van der Waals surface area contributed by atoms with Crippen LogP contribution < -0.4 is 5.32 Å². The van der Waals surface area contributed by atoms with Gasteiger partial charge in [0.05, 0.1) is 6.26 Å². The third-order valence-corrected chi connectivity index (χ3v) is 2.86. The van der Waals surface area contributed by atoms with Crippen LogP contribution in [0.3, 0.4) is 0 Å². The third-order valence-electron chi connectivity index (χ3n) is 2.86. The molecule has 2 rings (SSSR count). The van der Waals surface area contributed by atoms with Crippen molar-refractivity contribution in [2.45, 2.75) is 31.9 Å². The fourth-order valence-electron chi connectivity index (χ4n) is 1.79. The summed E-state index contributed by atoms with van der Waals surface area (Å²) >= 11 is 0. The van der Waals surface area contributed by atoms with E-state index in [9.17, 15) is 0 Å². The van der Waals surface area contributed by atoms with Gasteiger partial charge < -0.3 is 10.1 Å². The van der Waals surface area contributed by atoms with Crippen molar-refractivity contribution < 1.29 is 4.74 Å². The Kier molecular flexibility index (Phi) is 3.94. The van der Waals surface area contributed by atoms with Crippen LogP contribution in [-0.4, -0.2) is 17.6 Å². The highest BCUT2D eigenvalue weighted by Crippen LogP contribution is 2.13. The predicted molar refractivity (Wildman–Crippen MR) is 63.9 cm³/mol. The van der Waals surface area contributed by atoms with Crippen molar-refractivity contribution in [2.24, 2.45) is 0 Å². The van der Waals surface area contributed by atoms with E-state index in [1.807, 2.05) is 18.5 Å². The van der Waals surface area contributed by atoms with Crippen molar-refractivity contribution in [1.82, 2.24) is 10.3 Å². The Hall–Kier alpha value is -1.35. The summed E-state index contributed by atoms with van der Waals surface area (Å²) in [5, 5.41) is 3.47. The zero-order chi connectivity index (χ0) is 11.2. The second kappa shape index (κ2) is 5.66. The van der Waals surface area contributed by atoms with Gasteiger partial charge in [0.1, 0.15) is 6.10 Å². The molecule has 86 valence electrons. The zero-order valence-corrected chi connectivity index (χ0v) is 9.60. The second-order valence-electron chi connectivity index (χ2n) is 4.12. The average Bonchev–Trinajstić information content (AvgIpc) is 2.38. The molecule has 16 heavy (non-hydrogen) atoms. The molecular weight excluding hydrogens is 200 g/mol. The smallest absolute Gasteiger partial charge is 0.110 e. The fourth-order valence-corrected chi connectivity index (χ4v) is 1.79. The molecule has 0 bridgehead atoms. The van der Waals surface area contributed by atoms with Gasteiger partial charge in [-0.3, -0.25) is 4.98 Å². The minimum atomic E-state index is 0.309.